The quantitative estimate of drug-likeness (QED) is 0.546. The monoisotopic (exact) mass is 445 g/mol. The summed E-state index contributed by atoms with van der Waals surface area (Å²) in [5.41, 5.74) is 3.13. The fourth-order valence-corrected chi connectivity index (χ4v) is 4.29. The number of benzene rings is 2. The van der Waals surface area contributed by atoms with Crippen LogP contribution in [-0.4, -0.2) is 54.5 Å². The molecule has 2 aliphatic heterocycles. The second kappa shape index (κ2) is 9.67. The standard InChI is InChI=1S/C26H31N5O2/c1-18-17-27-26(30-25(18)33-23-8-9-24-20(15-23)14-19(2)28-24)29-21-6-5-7-22(16-21)32-13-12-31-10-3-4-11-31/h5-9,14-18,25,28H,3-4,10-13H2,1-2H3,(H,29,30). The average molecular weight is 446 g/mol. The third-order valence-corrected chi connectivity index (χ3v) is 6.08. The largest absolute Gasteiger partial charge is 0.492 e. The SMILES string of the molecule is Cc1cc2cc(OC3N=C(Nc4cccc(OCCN5CCCC5)c4)N=CC3C)ccc2[nH]1. The highest BCUT2D eigenvalue weighted by molar-refractivity contribution is 6.00. The first-order valence-electron chi connectivity index (χ1n) is 11.7. The lowest BCUT2D eigenvalue weighted by Crippen LogP contribution is -2.31. The molecule has 0 aliphatic carbocycles. The van der Waals surface area contributed by atoms with Crippen molar-refractivity contribution in [2.75, 3.05) is 31.6 Å². The van der Waals surface area contributed by atoms with Crippen LogP contribution in [0.25, 0.3) is 10.9 Å². The van der Waals surface area contributed by atoms with Gasteiger partial charge >= 0.3 is 0 Å². The third-order valence-electron chi connectivity index (χ3n) is 6.08. The Labute approximate surface area is 194 Å². The van der Waals surface area contributed by atoms with Gasteiger partial charge in [-0.2, -0.15) is 0 Å². The molecule has 0 amide bonds. The van der Waals surface area contributed by atoms with Crippen LogP contribution in [0.5, 0.6) is 11.5 Å². The first-order valence-corrected chi connectivity index (χ1v) is 11.7. The van der Waals surface area contributed by atoms with Gasteiger partial charge in [0.1, 0.15) is 18.1 Å². The normalized spacial score (nSPS) is 20.7. The molecule has 2 atom stereocenters. The summed E-state index contributed by atoms with van der Waals surface area (Å²) in [6.07, 6.45) is 4.13. The Hall–Kier alpha value is -3.32. The Morgan fingerprint density at radius 1 is 1.09 bits per heavy atom. The first kappa shape index (κ1) is 21.5. The zero-order valence-corrected chi connectivity index (χ0v) is 19.3. The highest BCUT2D eigenvalue weighted by atomic mass is 16.5. The van der Waals surface area contributed by atoms with Gasteiger partial charge in [0.05, 0.1) is 0 Å². The van der Waals surface area contributed by atoms with Crippen molar-refractivity contribution < 1.29 is 9.47 Å². The number of nitrogens with zero attached hydrogens (tertiary/aromatic N) is 3. The number of aryl methyl sites for hydroxylation is 1. The van der Waals surface area contributed by atoms with Crippen LogP contribution in [0.1, 0.15) is 25.5 Å². The van der Waals surface area contributed by atoms with E-state index in [2.05, 4.69) is 40.1 Å². The van der Waals surface area contributed by atoms with Gasteiger partial charge in [0.15, 0.2) is 0 Å². The molecule has 5 rings (SSSR count). The van der Waals surface area contributed by atoms with E-state index in [0.717, 1.165) is 40.3 Å². The lowest BCUT2D eigenvalue weighted by molar-refractivity contribution is 0.182. The van der Waals surface area contributed by atoms with E-state index in [4.69, 9.17) is 14.5 Å². The molecule has 2 unspecified atom stereocenters. The van der Waals surface area contributed by atoms with E-state index in [1.807, 2.05) is 48.7 Å². The first-order chi connectivity index (χ1) is 16.1. The van der Waals surface area contributed by atoms with Gasteiger partial charge in [0.25, 0.3) is 0 Å². The van der Waals surface area contributed by atoms with Gasteiger partial charge in [-0.3, -0.25) is 4.90 Å². The van der Waals surface area contributed by atoms with Crippen molar-refractivity contribution in [2.45, 2.75) is 32.9 Å². The van der Waals surface area contributed by atoms with Crippen LogP contribution < -0.4 is 14.8 Å². The summed E-state index contributed by atoms with van der Waals surface area (Å²) in [5, 5.41) is 4.43. The minimum absolute atomic E-state index is 0.0689. The number of aromatic nitrogens is 1. The minimum atomic E-state index is -0.345. The van der Waals surface area contributed by atoms with E-state index in [1.165, 1.54) is 25.9 Å². The number of aromatic amines is 1. The van der Waals surface area contributed by atoms with E-state index in [1.54, 1.807) is 0 Å². The molecule has 0 radical (unpaired) electrons. The predicted octanol–water partition coefficient (Wildman–Crippen LogP) is 4.84. The van der Waals surface area contributed by atoms with Crippen molar-refractivity contribution in [1.29, 1.82) is 0 Å². The molecule has 1 fully saturated rings. The van der Waals surface area contributed by atoms with Crippen molar-refractivity contribution in [3.05, 3.63) is 54.2 Å². The van der Waals surface area contributed by atoms with Gasteiger partial charge in [-0.1, -0.05) is 13.0 Å². The van der Waals surface area contributed by atoms with Crippen LogP contribution in [0.3, 0.4) is 0 Å². The molecule has 2 aliphatic rings. The summed E-state index contributed by atoms with van der Waals surface area (Å²) in [7, 11) is 0. The zero-order chi connectivity index (χ0) is 22.6. The molecule has 2 aromatic carbocycles. The number of aliphatic imine (C=N–C) groups is 2. The van der Waals surface area contributed by atoms with Crippen LogP contribution in [0.4, 0.5) is 5.69 Å². The fraction of sp³-hybridized carbons (Fsp3) is 0.385. The summed E-state index contributed by atoms with van der Waals surface area (Å²) in [4.78, 5) is 15.0. The molecule has 7 nitrogen and oxygen atoms in total. The lowest BCUT2D eigenvalue weighted by Gasteiger charge is -2.23. The highest BCUT2D eigenvalue weighted by Crippen LogP contribution is 2.25. The third kappa shape index (κ3) is 5.37. The molecule has 3 aromatic rings. The van der Waals surface area contributed by atoms with E-state index in [9.17, 15) is 0 Å². The number of guanidine groups is 1. The maximum absolute atomic E-state index is 6.22. The summed E-state index contributed by atoms with van der Waals surface area (Å²) in [6, 6.07) is 16.1. The molecule has 1 saturated heterocycles. The molecular formula is C26H31N5O2. The molecule has 0 spiro atoms. The van der Waals surface area contributed by atoms with Gasteiger partial charge < -0.3 is 19.8 Å². The summed E-state index contributed by atoms with van der Waals surface area (Å²) >= 11 is 0. The van der Waals surface area contributed by atoms with E-state index in [0.29, 0.717) is 12.6 Å². The molecule has 1 aromatic heterocycles. The summed E-state index contributed by atoms with van der Waals surface area (Å²) in [5.74, 6) is 2.24. The van der Waals surface area contributed by atoms with Crippen LogP contribution in [0.2, 0.25) is 0 Å². The molecule has 3 heterocycles. The molecular weight excluding hydrogens is 414 g/mol. The van der Waals surface area contributed by atoms with Crippen LogP contribution in [-0.2, 0) is 0 Å². The second-order valence-corrected chi connectivity index (χ2v) is 8.85. The Morgan fingerprint density at radius 3 is 2.85 bits per heavy atom. The fourth-order valence-electron chi connectivity index (χ4n) is 4.29. The number of anilines is 1. The van der Waals surface area contributed by atoms with Crippen molar-refractivity contribution in [3.63, 3.8) is 0 Å². The van der Waals surface area contributed by atoms with E-state index in [-0.39, 0.29) is 12.1 Å². The Bertz CT molecular complexity index is 1160. The van der Waals surface area contributed by atoms with Crippen molar-refractivity contribution >= 4 is 28.8 Å². The maximum Gasteiger partial charge on any atom is 0.225 e. The van der Waals surface area contributed by atoms with Gasteiger partial charge in [-0.25, -0.2) is 9.98 Å². The number of ether oxygens (including phenoxy) is 2. The molecule has 172 valence electrons. The van der Waals surface area contributed by atoms with Gasteiger partial charge in [-0.05, 0) is 69.3 Å². The maximum atomic E-state index is 6.22. The number of fused-ring (bicyclic) bond motifs is 1. The number of rotatable bonds is 7. The number of hydrogen-bond donors (Lipinski definition) is 2. The van der Waals surface area contributed by atoms with Crippen molar-refractivity contribution in [1.82, 2.24) is 9.88 Å². The van der Waals surface area contributed by atoms with Gasteiger partial charge in [-0.15, -0.1) is 0 Å². The van der Waals surface area contributed by atoms with E-state index >= 15 is 0 Å². The highest BCUT2D eigenvalue weighted by Gasteiger charge is 2.22. The minimum Gasteiger partial charge on any atom is -0.492 e. The summed E-state index contributed by atoms with van der Waals surface area (Å²) < 4.78 is 12.2. The molecule has 0 bridgehead atoms. The second-order valence-electron chi connectivity index (χ2n) is 8.85. The smallest absolute Gasteiger partial charge is 0.225 e. The molecule has 2 N–H and O–H groups in total. The van der Waals surface area contributed by atoms with Gasteiger partial charge in [0.2, 0.25) is 12.2 Å². The van der Waals surface area contributed by atoms with Crippen molar-refractivity contribution in [2.24, 2.45) is 15.9 Å². The van der Waals surface area contributed by atoms with Crippen LogP contribution >= 0.6 is 0 Å². The Kier molecular flexibility index (Phi) is 6.30. The van der Waals surface area contributed by atoms with Crippen LogP contribution in [0.15, 0.2) is 58.5 Å². The number of likely N-dealkylation sites (tertiary alicyclic amines) is 1. The van der Waals surface area contributed by atoms with Crippen LogP contribution in [0, 0.1) is 12.8 Å². The number of nitrogens with one attached hydrogen (secondary N) is 2. The average Bonchev–Trinajstić information content (AvgIpc) is 3.45. The molecule has 0 saturated carbocycles. The Morgan fingerprint density at radius 2 is 1.97 bits per heavy atom. The predicted molar refractivity (Wildman–Crippen MR) is 134 cm³/mol. The lowest BCUT2D eigenvalue weighted by atomic mass is 10.1. The van der Waals surface area contributed by atoms with Crippen molar-refractivity contribution in [3.8, 4) is 11.5 Å². The Balaban J connectivity index is 1.22. The zero-order valence-electron chi connectivity index (χ0n) is 19.3. The summed E-state index contributed by atoms with van der Waals surface area (Å²) in [6.45, 7) is 8.14. The van der Waals surface area contributed by atoms with Gasteiger partial charge in [0, 0.05) is 47.0 Å². The molecule has 33 heavy (non-hydrogen) atoms. The number of hydrogen-bond acceptors (Lipinski definition) is 6. The van der Waals surface area contributed by atoms with E-state index < -0.39 is 0 Å². The molecule has 7 heteroatoms. The number of H-pyrrole nitrogens is 1. The topological polar surface area (TPSA) is 74.2 Å².